The van der Waals surface area contributed by atoms with Gasteiger partial charge in [0.15, 0.2) is 0 Å². The van der Waals surface area contributed by atoms with Crippen LogP contribution in [0.4, 0.5) is 0 Å². The minimum Gasteiger partial charge on any atom is -0.390 e. The van der Waals surface area contributed by atoms with E-state index in [0.29, 0.717) is 117 Å². The van der Waals surface area contributed by atoms with E-state index in [-0.39, 0.29) is 24.7 Å². The predicted octanol–water partition coefficient (Wildman–Crippen LogP) is 0.182. The van der Waals surface area contributed by atoms with E-state index in [0.717, 1.165) is 69.5 Å². The molecule has 630 valence electrons. The Morgan fingerprint density at radius 3 is 0.529 bits per heavy atom. The lowest BCUT2D eigenvalue weighted by Crippen LogP contribution is -2.47. The van der Waals surface area contributed by atoms with Crippen LogP contribution in [0.25, 0.3) is 0 Å². The van der Waals surface area contributed by atoms with Gasteiger partial charge in [-0.05, 0) is 202 Å². The van der Waals surface area contributed by atoms with Crippen molar-refractivity contribution in [2.45, 2.75) is 155 Å². The first-order valence-electron chi connectivity index (χ1n) is 35.1. The largest absolute Gasteiger partial charge is 0.502 e. The van der Waals surface area contributed by atoms with Gasteiger partial charge in [0.25, 0.3) is 0 Å². The molecule has 0 saturated heterocycles. The molecular formula is C57H159N9O27Si9. The summed E-state index contributed by atoms with van der Waals surface area (Å²) < 4.78 is 97.6. The van der Waals surface area contributed by atoms with Crippen molar-refractivity contribution in [3.63, 3.8) is 0 Å². The molecule has 0 heterocycles. The standard InChI is InChI=1S/C11H27NO3Si.C9H23NO3Si.2C8H21NO3Si.C6H17NO3Si.2C5H15NO3Si.C3H11NO3Si.C2H9NO3Si/c1-6-13-16(14-7-2,15-8-3)11-9-10-12(4)5;1-4-11-14(12-5-2,13-6-3)9-7-8-10;1-9(2)7-6-8-13(10-3,11-4)12-5;1-4-10-13(8-7-9,11-5-2)12-6-3;1-8-11(9-2,10-3)6-4-5-7;1-7-10(8-2,9-3)5-4-6;1-6(2)4-3-5-10(7,8)9;4-2-1-3-8(5,6)7;3-1-2-7(4,5)6/h6-11H2,1-5H3;4-10H2,1-3H3;6-8H2,1-5H3;4-9H2,1-3H3;4-7H2,1-3H3;4-6H2,1-3H3;7-9H,3-5H2,1-2H3;5-7H,1-4H2;4-6H,1-3H2. The number of rotatable bonds is 54. The summed E-state index contributed by atoms with van der Waals surface area (Å²) in [6.07, 6.45) is 4.96. The van der Waals surface area contributed by atoms with E-state index in [1.54, 1.807) is 64.0 Å². The Hall–Kier alpha value is 0.512. The molecule has 0 unspecified atom stereocenters. The third-order valence-corrected chi connectivity index (χ3v) is 33.7. The molecule has 0 aromatic heterocycles. The summed E-state index contributed by atoms with van der Waals surface area (Å²) in [5, 5.41) is 0. The Balaban J connectivity index is -0.000000138. The molecule has 0 spiro atoms. The number of hydrogen-bond acceptors (Lipinski definition) is 36. The Morgan fingerprint density at radius 1 is 0.216 bits per heavy atom. The highest BCUT2D eigenvalue weighted by molar-refractivity contribution is 6.62. The summed E-state index contributed by atoms with van der Waals surface area (Å²) in [6.45, 7) is 29.2. The van der Waals surface area contributed by atoms with Crippen molar-refractivity contribution in [2.75, 3.05) is 225 Å². The van der Waals surface area contributed by atoms with E-state index >= 15 is 0 Å². The zero-order valence-corrected chi connectivity index (χ0v) is 77.0. The minimum absolute atomic E-state index is 0.0451. The fraction of sp³-hybridized carbons (Fsp3) is 1.00. The molecule has 0 aromatic carbocycles. The monoisotopic (exact) mass is 1650 g/mol. The molecule has 0 rings (SSSR count). The highest BCUT2D eigenvalue weighted by Gasteiger charge is 2.42. The molecule has 0 aliphatic rings. The summed E-state index contributed by atoms with van der Waals surface area (Å²) >= 11 is 0. The van der Waals surface area contributed by atoms with Gasteiger partial charge in [0.1, 0.15) is 0 Å². The average Bonchev–Trinajstić information content (AvgIpc) is 0.890. The molecule has 0 aliphatic carbocycles. The maximum absolute atomic E-state index is 8.56. The lowest BCUT2D eigenvalue weighted by atomic mass is 10.5. The summed E-state index contributed by atoms with van der Waals surface area (Å²) in [5.41, 5.74) is 31.6. The Labute approximate surface area is 627 Å². The number of nitrogens with zero attached hydrogens (tertiary/aromatic N) is 3. The van der Waals surface area contributed by atoms with Crippen LogP contribution >= 0.6 is 0 Å². The zero-order valence-electron chi connectivity index (χ0n) is 68.0. The SMILES string of the molecule is CCO[Si](CCCN(C)C)(OCC)OCC.CCO[Si](CCCN)(OCC)OCC.CCO[Si](CCN)(OCC)OCC.CN(C)CCC[Si](O)(O)O.CO[Si](CCCN(C)C)(OC)OC.CO[Si](CCCN)(OC)OC.CO[Si](CCN)(OC)OC.NCCC[Si](O)(O)O.NCC[Si](O)(O)O. The van der Waals surface area contributed by atoms with Crippen LogP contribution in [0.15, 0.2) is 0 Å². The van der Waals surface area contributed by atoms with E-state index in [9.17, 15) is 0 Å². The van der Waals surface area contributed by atoms with Crippen molar-refractivity contribution < 1.29 is 123 Å². The summed E-state index contributed by atoms with van der Waals surface area (Å²) in [4.78, 5) is 81.5. The third-order valence-electron chi connectivity index (χ3n) is 12.8. The molecule has 102 heavy (non-hydrogen) atoms. The first kappa shape index (κ1) is 121. The fourth-order valence-corrected chi connectivity index (χ4v) is 22.3. The summed E-state index contributed by atoms with van der Waals surface area (Å²) in [7, 11) is 1.08. The highest BCUT2D eigenvalue weighted by Crippen LogP contribution is 2.21. The quantitative estimate of drug-likeness (QED) is 0.0361. The molecule has 0 atom stereocenters. The molecule has 0 bridgehead atoms. The van der Waals surface area contributed by atoms with Crippen LogP contribution in [0, 0.1) is 0 Å². The maximum Gasteiger partial charge on any atom is 0.502 e. The van der Waals surface area contributed by atoms with Gasteiger partial charge in [-0.3, -0.25) is 0 Å². The number of hydrogen-bond donors (Lipinski definition) is 15. The van der Waals surface area contributed by atoms with Crippen LogP contribution in [0.1, 0.15) is 101 Å². The van der Waals surface area contributed by atoms with Gasteiger partial charge in [-0.2, -0.15) is 0 Å². The molecule has 0 saturated carbocycles. The van der Waals surface area contributed by atoms with Crippen molar-refractivity contribution in [1.82, 2.24) is 14.7 Å². The zero-order chi connectivity index (χ0) is 81.3. The summed E-state index contributed by atoms with van der Waals surface area (Å²) in [6, 6.07) is 4.84. The first-order chi connectivity index (χ1) is 47.7. The minimum atomic E-state index is -3.78. The first-order valence-corrected chi connectivity index (χ1v) is 52.8. The van der Waals surface area contributed by atoms with Gasteiger partial charge in [0.2, 0.25) is 0 Å². The van der Waals surface area contributed by atoms with Gasteiger partial charge < -0.3 is 172 Å². The van der Waals surface area contributed by atoms with Crippen LogP contribution in [0.3, 0.4) is 0 Å². The second-order valence-corrected chi connectivity index (χ2v) is 45.8. The highest BCUT2D eigenvalue weighted by atomic mass is 28.4. The molecular weight excluding hydrogens is 1500 g/mol. The second kappa shape index (κ2) is 78.2. The topological polar surface area (TPSA) is 514 Å². The molecule has 0 aromatic rings. The van der Waals surface area contributed by atoms with E-state index in [2.05, 4.69) is 38.0 Å². The Kier molecular flexibility index (Phi) is 92.6. The van der Waals surface area contributed by atoms with E-state index in [1.807, 2.05) is 81.3 Å². The van der Waals surface area contributed by atoms with Gasteiger partial charge >= 0.3 is 79.2 Å². The van der Waals surface area contributed by atoms with Crippen LogP contribution in [0.5, 0.6) is 0 Å². The molecule has 36 nitrogen and oxygen atoms in total. The second-order valence-electron chi connectivity index (χ2n) is 22.2. The van der Waals surface area contributed by atoms with Crippen molar-refractivity contribution in [3.05, 3.63) is 0 Å². The van der Waals surface area contributed by atoms with Gasteiger partial charge in [0.05, 0.1) is 0 Å². The lowest BCUT2D eigenvalue weighted by Gasteiger charge is -2.28. The Morgan fingerprint density at radius 2 is 0.373 bits per heavy atom. The van der Waals surface area contributed by atoms with Crippen molar-refractivity contribution in [3.8, 4) is 0 Å². The van der Waals surface area contributed by atoms with Crippen LogP contribution in [-0.2, 0) is 79.7 Å². The molecule has 0 amide bonds. The van der Waals surface area contributed by atoms with Gasteiger partial charge in [-0.1, -0.05) is 0 Å². The normalized spacial score (nSPS) is 12.2. The van der Waals surface area contributed by atoms with E-state index in [1.165, 1.54) is 0 Å². The van der Waals surface area contributed by atoms with Gasteiger partial charge in [-0.25, -0.2) is 0 Å². The van der Waals surface area contributed by atoms with Crippen LogP contribution < -0.4 is 34.4 Å². The van der Waals surface area contributed by atoms with Crippen LogP contribution in [-0.4, -0.2) is 362 Å². The van der Waals surface area contributed by atoms with Crippen molar-refractivity contribution in [2.24, 2.45) is 34.4 Å². The van der Waals surface area contributed by atoms with Gasteiger partial charge in [-0.15, -0.1) is 0 Å². The maximum atomic E-state index is 8.56. The Bertz CT molecular complexity index is 1570. The predicted molar refractivity (Wildman–Crippen MR) is 420 cm³/mol. The molecule has 0 fully saturated rings. The van der Waals surface area contributed by atoms with Crippen molar-refractivity contribution in [1.29, 1.82) is 0 Å². The van der Waals surface area contributed by atoms with Gasteiger partial charge in [0, 0.05) is 178 Å². The third kappa shape index (κ3) is 80.0. The average molecular weight is 1660 g/mol. The van der Waals surface area contributed by atoms with E-state index < -0.39 is 79.2 Å². The lowest BCUT2D eigenvalue weighted by molar-refractivity contribution is 0.0697. The van der Waals surface area contributed by atoms with Crippen molar-refractivity contribution >= 4 is 79.2 Å². The molecule has 45 heteroatoms. The molecule has 21 N–H and O–H groups in total. The smallest absolute Gasteiger partial charge is 0.390 e. The molecule has 0 radical (unpaired) electrons. The van der Waals surface area contributed by atoms with E-state index in [4.69, 9.17) is 157 Å². The molecule has 0 aliphatic heterocycles. The summed E-state index contributed by atoms with van der Waals surface area (Å²) in [5.74, 6) is 0. The van der Waals surface area contributed by atoms with Crippen LogP contribution in [0.2, 0.25) is 54.4 Å². The fourth-order valence-electron chi connectivity index (χ4n) is 8.05. The number of nitrogens with two attached hydrogens (primary N) is 6.